The Morgan fingerprint density at radius 3 is 2.69 bits per heavy atom. The van der Waals surface area contributed by atoms with Crippen LogP contribution in [0.3, 0.4) is 0 Å². The first-order valence-corrected chi connectivity index (χ1v) is 6.68. The fourth-order valence-electron chi connectivity index (χ4n) is 2.96. The van der Waals surface area contributed by atoms with Crippen LogP contribution in [0, 0.1) is 23.7 Å². The first kappa shape index (κ1) is 13.6. The van der Waals surface area contributed by atoms with E-state index in [1.807, 2.05) is 0 Å². The molecule has 0 aromatic carbocycles. The molecule has 0 saturated heterocycles. The Kier molecular flexibility index (Phi) is 4.87. The van der Waals surface area contributed by atoms with E-state index in [4.69, 9.17) is 6.42 Å². The van der Waals surface area contributed by atoms with Gasteiger partial charge in [0.1, 0.15) is 0 Å². The Labute approximate surface area is 101 Å². The van der Waals surface area contributed by atoms with Crippen LogP contribution in [-0.4, -0.2) is 12.1 Å². The minimum absolute atomic E-state index is 0.513. The normalized spacial score (nSPS) is 30.7. The summed E-state index contributed by atoms with van der Waals surface area (Å²) in [5, 5.41) is 3.75. The standard InChI is InChI=1S/C15H27N/c1-6-8-13(7-2)16-14-9-10-15(4,5)11-12(14)3/h1,12-14,16H,7-11H2,2-5H3. The van der Waals surface area contributed by atoms with Crippen molar-refractivity contribution in [1.29, 1.82) is 0 Å². The summed E-state index contributed by atoms with van der Waals surface area (Å²) in [5.74, 6) is 3.55. The Morgan fingerprint density at radius 2 is 2.19 bits per heavy atom. The molecule has 0 spiro atoms. The molecular weight excluding hydrogens is 194 g/mol. The Morgan fingerprint density at radius 1 is 1.50 bits per heavy atom. The number of nitrogens with one attached hydrogen (secondary N) is 1. The third-order valence-corrected chi connectivity index (χ3v) is 4.00. The molecule has 92 valence electrons. The van der Waals surface area contributed by atoms with E-state index < -0.39 is 0 Å². The average molecular weight is 221 g/mol. The summed E-state index contributed by atoms with van der Waals surface area (Å²) in [6.07, 6.45) is 11.4. The fourth-order valence-corrected chi connectivity index (χ4v) is 2.96. The van der Waals surface area contributed by atoms with Crippen LogP contribution in [0.2, 0.25) is 0 Å². The molecule has 0 amide bonds. The molecule has 1 fully saturated rings. The smallest absolute Gasteiger partial charge is 0.0240 e. The maximum atomic E-state index is 5.40. The molecule has 3 unspecified atom stereocenters. The third kappa shape index (κ3) is 3.83. The van der Waals surface area contributed by atoms with Crippen LogP contribution in [0.15, 0.2) is 0 Å². The third-order valence-electron chi connectivity index (χ3n) is 4.00. The van der Waals surface area contributed by atoms with E-state index in [-0.39, 0.29) is 0 Å². The summed E-state index contributed by atoms with van der Waals surface area (Å²) in [7, 11) is 0. The molecule has 3 atom stereocenters. The van der Waals surface area contributed by atoms with Crippen LogP contribution in [0.25, 0.3) is 0 Å². The molecule has 1 aliphatic carbocycles. The van der Waals surface area contributed by atoms with Gasteiger partial charge in [0.25, 0.3) is 0 Å². The highest BCUT2D eigenvalue weighted by Gasteiger charge is 2.32. The molecule has 0 aliphatic heterocycles. The van der Waals surface area contributed by atoms with Gasteiger partial charge < -0.3 is 5.32 Å². The summed E-state index contributed by atoms with van der Waals surface area (Å²) >= 11 is 0. The van der Waals surface area contributed by atoms with Gasteiger partial charge >= 0.3 is 0 Å². The average Bonchev–Trinajstić information content (AvgIpc) is 2.20. The molecule has 1 aliphatic rings. The Bertz CT molecular complexity index is 249. The fraction of sp³-hybridized carbons (Fsp3) is 0.867. The van der Waals surface area contributed by atoms with Gasteiger partial charge in [0, 0.05) is 18.5 Å². The lowest BCUT2D eigenvalue weighted by atomic mass is 9.70. The van der Waals surface area contributed by atoms with Crippen molar-refractivity contribution in [2.45, 2.75) is 71.9 Å². The second-order valence-corrected chi connectivity index (χ2v) is 6.17. The first-order chi connectivity index (χ1) is 7.48. The van der Waals surface area contributed by atoms with Crippen molar-refractivity contribution in [3.05, 3.63) is 0 Å². The second-order valence-electron chi connectivity index (χ2n) is 6.17. The number of hydrogen-bond donors (Lipinski definition) is 1. The molecule has 1 rings (SSSR count). The molecule has 0 radical (unpaired) electrons. The Hall–Kier alpha value is -0.480. The number of rotatable bonds is 4. The van der Waals surface area contributed by atoms with Gasteiger partial charge in [0.05, 0.1) is 0 Å². The molecule has 1 heteroatoms. The zero-order valence-electron chi connectivity index (χ0n) is 11.3. The van der Waals surface area contributed by atoms with Gasteiger partial charge in [-0.25, -0.2) is 0 Å². The lowest BCUT2D eigenvalue weighted by Gasteiger charge is -2.41. The maximum Gasteiger partial charge on any atom is 0.0240 e. The highest BCUT2D eigenvalue weighted by Crippen LogP contribution is 2.38. The molecule has 1 nitrogen and oxygen atoms in total. The van der Waals surface area contributed by atoms with Crippen molar-refractivity contribution in [1.82, 2.24) is 5.32 Å². The minimum atomic E-state index is 0.513. The van der Waals surface area contributed by atoms with Crippen molar-refractivity contribution < 1.29 is 0 Å². The van der Waals surface area contributed by atoms with Crippen LogP contribution in [0.5, 0.6) is 0 Å². The van der Waals surface area contributed by atoms with Gasteiger partial charge in [-0.05, 0) is 37.0 Å². The van der Waals surface area contributed by atoms with Gasteiger partial charge in [0.15, 0.2) is 0 Å². The quantitative estimate of drug-likeness (QED) is 0.715. The van der Waals surface area contributed by atoms with E-state index >= 15 is 0 Å². The lowest BCUT2D eigenvalue weighted by molar-refractivity contribution is 0.141. The van der Waals surface area contributed by atoms with Crippen molar-refractivity contribution in [3.63, 3.8) is 0 Å². The second kappa shape index (κ2) is 5.73. The van der Waals surface area contributed by atoms with Gasteiger partial charge in [-0.15, -0.1) is 12.3 Å². The lowest BCUT2D eigenvalue weighted by Crippen LogP contribution is -2.46. The maximum absolute atomic E-state index is 5.40. The first-order valence-electron chi connectivity index (χ1n) is 6.68. The summed E-state index contributed by atoms with van der Waals surface area (Å²) in [6.45, 7) is 9.37. The van der Waals surface area contributed by atoms with E-state index in [9.17, 15) is 0 Å². The predicted octanol–water partition coefficient (Wildman–Crippen LogP) is 3.59. The highest BCUT2D eigenvalue weighted by molar-refractivity contribution is 4.93. The molecular formula is C15H27N. The van der Waals surface area contributed by atoms with Crippen LogP contribution in [0.4, 0.5) is 0 Å². The van der Waals surface area contributed by atoms with Crippen LogP contribution in [0.1, 0.15) is 59.8 Å². The van der Waals surface area contributed by atoms with Gasteiger partial charge in [0.2, 0.25) is 0 Å². The molecule has 0 aromatic rings. The van der Waals surface area contributed by atoms with Crippen molar-refractivity contribution >= 4 is 0 Å². The topological polar surface area (TPSA) is 12.0 Å². The van der Waals surface area contributed by atoms with E-state index in [0.717, 1.165) is 18.8 Å². The summed E-state index contributed by atoms with van der Waals surface area (Å²) in [5.41, 5.74) is 0.533. The van der Waals surface area contributed by atoms with Crippen LogP contribution in [-0.2, 0) is 0 Å². The summed E-state index contributed by atoms with van der Waals surface area (Å²) in [6, 6.07) is 1.19. The zero-order valence-corrected chi connectivity index (χ0v) is 11.3. The Balaban J connectivity index is 2.47. The molecule has 1 N–H and O–H groups in total. The monoisotopic (exact) mass is 221 g/mol. The van der Waals surface area contributed by atoms with Crippen molar-refractivity contribution in [3.8, 4) is 12.3 Å². The number of hydrogen-bond acceptors (Lipinski definition) is 1. The van der Waals surface area contributed by atoms with E-state index in [2.05, 4.69) is 38.9 Å². The van der Waals surface area contributed by atoms with E-state index in [1.165, 1.54) is 19.3 Å². The molecule has 0 aromatic heterocycles. The zero-order chi connectivity index (χ0) is 12.2. The SMILES string of the molecule is C#CCC(CC)NC1CCC(C)(C)CC1C. The van der Waals surface area contributed by atoms with Crippen LogP contribution < -0.4 is 5.32 Å². The molecule has 16 heavy (non-hydrogen) atoms. The molecule has 0 bridgehead atoms. The minimum Gasteiger partial charge on any atom is -0.310 e. The highest BCUT2D eigenvalue weighted by atomic mass is 15.0. The largest absolute Gasteiger partial charge is 0.310 e. The molecule has 0 heterocycles. The summed E-state index contributed by atoms with van der Waals surface area (Å²) < 4.78 is 0. The summed E-state index contributed by atoms with van der Waals surface area (Å²) in [4.78, 5) is 0. The molecule has 1 saturated carbocycles. The number of terminal acetylenes is 1. The van der Waals surface area contributed by atoms with Gasteiger partial charge in [-0.1, -0.05) is 27.7 Å². The van der Waals surface area contributed by atoms with Crippen molar-refractivity contribution in [2.75, 3.05) is 0 Å². The van der Waals surface area contributed by atoms with Gasteiger partial charge in [-0.2, -0.15) is 0 Å². The van der Waals surface area contributed by atoms with E-state index in [0.29, 0.717) is 17.5 Å². The van der Waals surface area contributed by atoms with Gasteiger partial charge in [-0.3, -0.25) is 0 Å². The van der Waals surface area contributed by atoms with Crippen molar-refractivity contribution in [2.24, 2.45) is 11.3 Å². The van der Waals surface area contributed by atoms with E-state index in [1.54, 1.807) is 0 Å². The predicted molar refractivity (Wildman–Crippen MR) is 71.2 cm³/mol. The van der Waals surface area contributed by atoms with Crippen LogP contribution >= 0.6 is 0 Å².